The summed E-state index contributed by atoms with van der Waals surface area (Å²) in [5.41, 5.74) is 0. The van der Waals surface area contributed by atoms with Crippen LogP contribution in [0.5, 0.6) is 0 Å². The standard InChI is InChI=1S/C8H15NO3S2/c1-5(7(11)12)9(2)4-3-6(10)8(13)14/h5,8,13-14H,3-4H2,1-2H3,(H,11,12)/t5-/m0/s1. The first-order valence-electron chi connectivity index (χ1n) is 4.18. The minimum atomic E-state index is -0.895. The molecule has 82 valence electrons. The SMILES string of the molecule is C[C@@H](C(=O)O)N(C)CCC(=O)C(S)S. The lowest BCUT2D eigenvalue weighted by Gasteiger charge is -2.20. The first-order chi connectivity index (χ1) is 6.36. The molecule has 0 aliphatic rings. The van der Waals surface area contributed by atoms with E-state index in [1.165, 1.54) is 0 Å². The Morgan fingerprint density at radius 2 is 1.93 bits per heavy atom. The van der Waals surface area contributed by atoms with Gasteiger partial charge in [0, 0.05) is 13.0 Å². The number of ketones is 1. The molecule has 0 saturated heterocycles. The molecule has 0 rings (SSSR count). The molecule has 6 heteroatoms. The first kappa shape index (κ1) is 13.8. The van der Waals surface area contributed by atoms with Crippen molar-refractivity contribution in [1.29, 1.82) is 0 Å². The van der Waals surface area contributed by atoms with Crippen molar-refractivity contribution in [3.63, 3.8) is 0 Å². The number of likely N-dealkylation sites (N-methyl/N-ethyl adjacent to an activating group) is 1. The number of hydrogen-bond acceptors (Lipinski definition) is 5. The molecule has 4 nitrogen and oxygen atoms in total. The molecule has 0 aliphatic carbocycles. The summed E-state index contributed by atoms with van der Waals surface area (Å²) < 4.78 is -0.580. The highest BCUT2D eigenvalue weighted by Crippen LogP contribution is 2.06. The number of rotatable bonds is 6. The molecule has 1 atom stereocenters. The van der Waals surface area contributed by atoms with E-state index in [0.29, 0.717) is 6.54 Å². The van der Waals surface area contributed by atoms with Gasteiger partial charge in [0.2, 0.25) is 0 Å². The average Bonchev–Trinajstić information content (AvgIpc) is 2.11. The molecule has 0 unspecified atom stereocenters. The van der Waals surface area contributed by atoms with Gasteiger partial charge in [-0.2, -0.15) is 25.3 Å². The van der Waals surface area contributed by atoms with E-state index in [1.807, 2.05) is 0 Å². The molecule has 0 aromatic heterocycles. The average molecular weight is 237 g/mol. The van der Waals surface area contributed by atoms with Crippen molar-refractivity contribution in [3.05, 3.63) is 0 Å². The second-order valence-corrected chi connectivity index (χ2v) is 4.52. The quantitative estimate of drug-likeness (QED) is 0.466. The zero-order valence-electron chi connectivity index (χ0n) is 8.17. The molecule has 0 fully saturated rings. The molecule has 0 spiro atoms. The van der Waals surface area contributed by atoms with Gasteiger partial charge in [-0.1, -0.05) is 0 Å². The molecular weight excluding hydrogens is 222 g/mol. The molecule has 0 aromatic carbocycles. The van der Waals surface area contributed by atoms with Crippen molar-refractivity contribution >= 4 is 37.0 Å². The number of hydrogen-bond donors (Lipinski definition) is 3. The largest absolute Gasteiger partial charge is 0.480 e. The number of carboxylic acids is 1. The number of aliphatic carboxylic acids is 1. The van der Waals surface area contributed by atoms with Crippen LogP contribution in [0.25, 0.3) is 0 Å². The van der Waals surface area contributed by atoms with Gasteiger partial charge in [-0.15, -0.1) is 0 Å². The van der Waals surface area contributed by atoms with Crippen molar-refractivity contribution in [2.75, 3.05) is 13.6 Å². The van der Waals surface area contributed by atoms with Gasteiger partial charge in [0.05, 0.1) is 0 Å². The van der Waals surface area contributed by atoms with Crippen LogP contribution >= 0.6 is 25.3 Å². The van der Waals surface area contributed by atoms with E-state index in [-0.39, 0.29) is 12.2 Å². The smallest absolute Gasteiger partial charge is 0.320 e. The Labute approximate surface area is 94.5 Å². The van der Waals surface area contributed by atoms with E-state index < -0.39 is 16.6 Å². The molecule has 0 radical (unpaired) electrons. The highest BCUT2D eigenvalue weighted by atomic mass is 32.2. The van der Waals surface area contributed by atoms with Crippen molar-refractivity contribution in [3.8, 4) is 0 Å². The number of Topliss-reactive ketones (excluding diaryl/α,β-unsaturated/α-hetero) is 1. The predicted octanol–water partition coefficient (Wildman–Crippen LogP) is 0.536. The van der Waals surface area contributed by atoms with Crippen LogP contribution < -0.4 is 0 Å². The maximum atomic E-state index is 11.1. The lowest BCUT2D eigenvalue weighted by molar-refractivity contribution is -0.142. The molecule has 0 amide bonds. The molecule has 0 saturated carbocycles. The van der Waals surface area contributed by atoms with Crippen LogP contribution in [0.1, 0.15) is 13.3 Å². The summed E-state index contributed by atoms with van der Waals surface area (Å²) in [6, 6.07) is -0.582. The summed E-state index contributed by atoms with van der Waals surface area (Å²) in [7, 11) is 1.66. The van der Waals surface area contributed by atoms with Crippen LogP contribution in [-0.2, 0) is 9.59 Å². The van der Waals surface area contributed by atoms with E-state index in [2.05, 4.69) is 25.3 Å². The van der Waals surface area contributed by atoms with Crippen molar-refractivity contribution < 1.29 is 14.7 Å². The maximum Gasteiger partial charge on any atom is 0.320 e. The third-order valence-corrected chi connectivity index (χ3v) is 2.59. The van der Waals surface area contributed by atoms with Crippen molar-refractivity contribution in [2.24, 2.45) is 0 Å². The second-order valence-electron chi connectivity index (χ2n) is 3.08. The number of nitrogens with zero attached hydrogens (tertiary/aromatic N) is 1. The first-order valence-corrected chi connectivity index (χ1v) is 5.21. The summed E-state index contributed by atoms with van der Waals surface area (Å²) in [5.74, 6) is -0.991. The highest BCUT2D eigenvalue weighted by molar-refractivity contribution is 8.00. The Kier molecular flexibility index (Phi) is 6.22. The lowest BCUT2D eigenvalue weighted by Crippen LogP contribution is -2.37. The predicted molar refractivity (Wildman–Crippen MR) is 61.1 cm³/mol. The number of carbonyl (C=O) groups is 2. The van der Waals surface area contributed by atoms with Crippen molar-refractivity contribution in [2.45, 2.75) is 24.0 Å². The molecule has 0 aliphatic heterocycles. The third-order valence-electron chi connectivity index (χ3n) is 2.02. The van der Waals surface area contributed by atoms with E-state index in [1.54, 1.807) is 18.9 Å². The van der Waals surface area contributed by atoms with Crippen LogP contribution in [-0.4, -0.2) is 46.0 Å². The summed E-state index contributed by atoms with van der Waals surface area (Å²) in [6.07, 6.45) is 0.270. The molecule has 0 bridgehead atoms. The van der Waals surface area contributed by atoms with Gasteiger partial charge in [0.15, 0.2) is 5.78 Å². The summed E-state index contributed by atoms with van der Waals surface area (Å²) >= 11 is 7.74. The molecule has 0 aromatic rings. The normalized spacial score (nSPS) is 13.3. The van der Waals surface area contributed by atoms with Gasteiger partial charge in [-0.25, -0.2) is 0 Å². The van der Waals surface area contributed by atoms with Gasteiger partial charge in [0.25, 0.3) is 0 Å². The van der Waals surface area contributed by atoms with E-state index >= 15 is 0 Å². The topological polar surface area (TPSA) is 57.6 Å². The fourth-order valence-corrected chi connectivity index (χ4v) is 1.06. The van der Waals surface area contributed by atoms with Gasteiger partial charge in [0.1, 0.15) is 10.6 Å². The Hall–Kier alpha value is -0.200. The summed E-state index contributed by atoms with van der Waals surface area (Å²) in [5, 5.41) is 8.67. The number of carbonyl (C=O) groups excluding carboxylic acids is 1. The Morgan fingerprint density at radius 1 is 1.43 bits per heavy atom. The van der Waals surface area contributed by atoms with E-state index in [0.717, 1.165) is 0 Å². The van der Waals surface area contributed by atoms with E-state index in [9.17, 15) is 9.59 Å². The molecule has 1 N–H and O–H groups in total. The molecule has 0 heterocycles. The zero-order chi connectivity index (χ0) is 11.3. The Bertz CT molecular complexity index is 221. The van der Waals surface area contributed by atoms with Gasteiger partial charge >= 0.3 is 5.97 Å². The summed E-state index contributed by atoms with van der Waals surface area (Å²) in [6.45, 7) is 1.98. The van der Waals surface area contributed by atoms with E-state index in [4.69, 9.17) is 5.11 Å². The van der Waals surface area contributed by atoms with Crippen LogP contribution in [0.4, 0.5) is 0 Å². The Balaban J connectivity index is 3.90. The minimum Gasteiger partial charge on any atom is -0.480 e. The van der Waals surface area contributed by atoms with Gasteiger partial charge in [-0.05, 0) is 14.0 Å². The monoisotopic (exact) mass is 237 g/mol. The van der Waals surface area contributed by atoms with Gasteiger partial charge in [-0.3, -0.25) is 14.5 Å². The zero-order valence-corrected chi connectivity index (χ0v) is 9.96. The lowest BCUT2D eigenvalue weighted by atomic mass is 10.2. The van der Waals surface area contributed by atoms with Crippen LogP contribution in [0.2, 0.25) is 0 Å². The second kappa shape index (κ2) is 6.31. The minimum absolute atomic E-state index is 0.0962. The molecular formula is C8H15NO3S2. The fraction of sp³-hybridized carbons (Fsp3) is 0.750. The van der Waals surface area contributed by atoms with Crippen LogP contribution in [0.15, 0.2) is 0 Å². The van der Waals surface area contributed by atoms with Gasteiger partial charge < -0.3 is 5.11 Å². The summed E-state index contributed by atoms with van der Waals surface area (Å²) in [4.78, 5) is 23.3. The Morgan fingerprint density at radius 3 is 2.29 bits per heavy atom. The maximum absolute atomic E-state index is 11.1. The fourth-order valence-electron chi connectivity index (χ4n) is 0.798. The highest BCUT2D eigenvalue weighted by Gasteiger charge is 2.18. The van der Waals surface area contributed by atoms with Crippen LogP contribution in [0, 0.1) is 0 Å². The number of thiol groups is 2. The third kappa shape index (κ3) is 4.88. The van der Waals surface area contributed by atoms with Crippen molar-refractivity contribution in [1.82, 2.24) is 4.90 Å². The number of carboxylic acid groups (broad SMARTS) is 1. The van der Waals surface area contributed by atoms with Crippen LogP contribution in [0.3, 0.4) is 0 Å². The molecule has 14 heavy (non-hydrogen) atoms.